The third kappa shape index (κ3) is 4.05. The van der Waals surface area contributed by atoms with Crippen LogP contribution in [0.3, 0.4) is 0 Å². The molecule has 3 rings (SSSR count). The van der Waals surface area contributed by atoms with Gasteiger partial charge in [0.15, 0.2) is 11.1 Å². The van der Waals surface area contributed by atoms with Crippen molar-refractivity contribution in [3.8, 4) is 0 Å². The maximum absolute atomic E-state index is 12.9. The third-order valence-corrected chi connectivity index (χ3v) is 4.99. The zero-order valence-corrected chi connectivity index (χ0v) is 17.2. The molecule has 1 heterocycles. The van der Waals surface area contributed by atoms with E-state index in [1.807, 2.05) is 0 Å². The Balaban J connectivity index is 2.08. The Hall–Kier alpha value is -1.99. The Labute approximate surface area is 173 Å². The summed E-state index contributed by atoms with van der Waals surface area (Å²) in [6.45, 7) is 3.03. The molecule has 1 aromatic carbocycles. The smallest absolute Gasteiger partial charge is 0.417 e. The molecular weight excluding hydrogens is 407 g/mol. The summed E-state index contributed by atoms with van der Waals surface area (Å²) in [5.41, 5.74) is -0.836. The van der Waals surface area contributed by atoms with Gasteiger partial charge >= 0.3 is 12.2 Å². The molecule has 2 aliphatic rings. The number of ether oxygens (including phenoxy) is 2. The number of halogens is 2. The van der Waals surface area contributed by atoms with E-state index >= 15 is 0 Å². The molecule has 0 N–H and O–H groups in total. The molecule has 0 bridgehead atoms. The molecule has 1 aromatic rings. The van der Waals surface area contributed by atoms with Crippen LogP contribution >= 0.6 is 23.2 Å². The maximum atomic E-state index is 12.9. The second-order valence-electron chi connectivity index (χ2n) is 6.81. The normalized spacial score (nSPS) is 23.8. The number of hydrogen-bond acceptors (Lipinski definition) is 5. The van der Waals surface area contributed by atoms with E-state index in [1.165, 1.54) is 23.6 Å². The van der Waals surface area contributed by atoms with Gasteiger partial charge in [-0.15, -0.1) is 0 Å². The molecule has 3 unspecified atom stereocenters. The fraction of sp³-hybridized carbons (Fsp3) is 0.526. The molecule has 1 saturated carbocycles. The summed E-state index contributed by atoms with van der Waals surface area (Å²) in [6.07, 6.45) is 0.226. The van der Waals surface area contributed by atoms with E-state index in [9.17, 15) is 14.4 Å². The molecule has 1 aliphatic carbocycles. The number of rotatable bonds is 3. The van der Waals surface area contributed by atoms with Crippen molar-refractivity contribution in [2.75, 3.05) is 9.80 Å². The second-order valence-corrected chi connectivity index (χ2v) is 8.04. The number of carbonyl (C=O) groups is 3. The van der Waals surface area contributed by atoms with Gasteiger partial charge in [0.25, 0.3) is 0 Å². The van der Waals surface area contributed by atoms with Gasteiger partial charge in [-0.3, -0.25) is 14.6 Å². The van der Waals surface area contributed by atoms with Crippen LogP contribution in [0.25, 0.3) is 0 Å². The van der Waals surface area contributed by atoms with Gasteiger partial charge in [-0.25, -0.2) is 9.59 Å². The Morgan fingerprint density at radius 2 is 1.50 bits per heavy atom. The number of anilines is 2. The number of hydrogen-bond donors (Lipinski definition) is 0. The lowest BCUT2D eigenvalue weighted by Gasteiger charge is -2.36. The summed E-state index contributed by atoms with van der Waals surface area (Å²) in [6, 6.07) is 6.85. The first kappa shape index (κ1) is 20.7. The van der Waals surface area contributed by atoms with Crippen LogP contribution in [0.4, 0.5) is 21.0 Å². The first-order valence-corrected chi connectivity index (χ1v) is 10.1. The molecule has 0 radical (unpaired) electrons. The fourth-order valence-corrected chi connectivity index (χ4v) is 3.91. The number of alkyl halides is 2. The Bertz CT molecular complexity index is 721. The van der Waals surface area contributed by atoms with Crippen molar-refractivity contribution in [3.05, 3.63) is 24.3 Å². The monoisotopic (exact) mass is 428 g/mol. The van der Waals surface area contributed by atoms with Crippen LogP contribution in [0.5, 0.6) is 0 Å². The predicted octanol–water partition coefficient (Wildman–Crippen LogP) is 4.84. The molecule has 28 heavy (non-hydrogen) atoms. The summed E-state index contributed by atoms with van der Waals surface area (Å²) in [5, 5.41) is 0. The highest BCUT2D eigenvalue weighted by Crippen LogP contribution is 2.45. The number of amides is 2. The van der Waals surface area contributed by atoms with Crippen LogP contribution in [-0.2, 0) is 14.3 Å². The van der Waals surface area contributed by atoms with Crippen LogP contribution < -0.4 is 9.80 Å². The van der Waals surface area contributed by atoms with E-state index in [1.54, 1.807) is 24.3 Å². The lowest BCUT2D eigenvalue weighted by atomic mass is 9.85. The molecule has 0 spiro atoms. The van der Waals surface area contributed by atoms with E-state index < -0.39 is 35.4 Å². The molecule has 1 aliphatic heterocycles. The number of para-hydroxylation sites is 2. The third-order valence-electron chi connectivity index (χ3n) is 4.81. The zero-order valence-electron chi connectivity index (χ0n) is 15.6. The molecular formula is C19H22Cl2N2O5. The van der Waals surface area contributed by atoms with Crippen LogP contribution in [-0.4, -0.2) is 35.3 Å². The summed E-state index contributed by atoms with van der Waals surface area (Å²) in [7, 11) is 0. The number of benzene rings is 1. The highest BCUT2D eigenvalue weighted by molar-refractivity contribution is 6.21. The number of nitrogens with zero attached hydrogens (tertiary/aromatic N) is 2. The Morgan fingerprint density at radius 3 is 1.93 bits per heavy atom. The second kappa shape index (κ2) is 8.57. The van der Waals surface area contributed by atoms with Gasteiger partial charge in [0.1, 0.15) is 11.9 Å². The molecule has 1 fully saturated rings. The van der Waals surface area contributed by atoms with Crippen molar-refractivity contribution in [2.24, 2.45) is 5.92 Å². The largest absolute Gasteiger partial charge is 0.430 e. The summed E-state index contributed by atoms with van der Waals surface area (Å²) in [5.74, 6) is -0.560. The van der Waals surface area contributed by atoms with Gasteiger partial charge in [-0.2, -0.15) is 0 Å². The van der Waals surface area contributed by atoms with E-state index in [2.05, 4.69) is 0 Å². The topological polar surface area (TPSA) is 76.2 Å². The van der Waals surface area contributed by atoms with Gasteiger partial charge in [0.05, 0.1) is 17.3 Å². The van der Waals surface area contributed by atoms with Crippen molar-refractivity contribution < 1.29 is 23.9 Å². The minimum absolute atomic E-state index is 0.00231. The predicted molar refractivity (Wildman–Crippen MR) is 106 cm³/mol. The molecule has 2 amide bonds. The molecule has 0 saturated heterocycles. The summed E-state index contributed by atoms with van der Waals surface area (Å²) >= 11 is 11.7. The quantitative estimate of drug-likeness (QED) is 0.643. The first-order valence-electron chi connectivity index (χ1n) is 9.21. The minimum atomic E-state index is -0.893. The van der Waals surface area contributed by atoms with Crippen LogP contribution in [0.2, 0.25) is 0 Å². The van der Waals surface area contributed by atoms with Gasteiger partial charge in [-0.1, -0.05) is 41.8 Å². The molecule has 7 nitrogen and oxygen atoms in total. The van der Waals surface area contributed by atoms with E-state index in [0.717, 1.165) is 12.8 Å². The Kier molecular flexibility index (Phi) is 6.35. The molecule has 0 aromatic heterocycles. The van der Waals surface area contributed by atoms with E-state index in [0.29, 0.717) is 24.2 Å². The highest BCUT2D eigenvalue weighted by atomic mass is 35.5. The van der Waals surface area contributed by atoms with Crippen molar-refractivity contribution in [1.82, 2.24) is 0 Å². The number of ketones is 1. The first-order chi connectivity index (χ1) is 13.3. The lowest BCUT2D eigenvalue weighted by molar-refractivity contribution is -0.125. The Morgan fingerprint density at radius 1 is 1.00 bits per heavy atom. The van der Waals surface area contributed by atoms with Gasteiger partial charge < -0.3 is 9.47 Å². The van der Waals surface area contributed by atoms with Crippen LogP contribution in [0.1, 0.15) is 39.5 Å². The fourth-order valence-electron chi connectivity index (χ4n) is 3.76. The van der Waals surface area contributed by atoms with Crippen LogP contribution in [0, 0.1) is 5.92 Å². The average molecular weight is 429 g/mol. The zero-order chi connectivity index (χ0) is 20.4. The molecule has 9 heteroatoms. The van der Waals surface area contributed by atoms with Gasteiger partial charge in [0.2, 0.25) is 0 Å². The highest BCUT2D eigenvalue weighted by Gasteiger charge is 2.50. The number of carbonyl (C=O) groups excluding carboxylic acids is 3. The van der Waals surface area contributed by atoms with E-state index in [-0.39, 0.29) is 5.78 Å². The van der Waals surface area contributed by atoms with Gasteiger partial charge in [0, 0.05) is 6.42 Å². The van der Waals surface area contributed by atoms with Crippen molar-refractivity contribution in [3.63, 3.8) is 0 Å². The SMILES string of the molecule is CC(Cl)OC(=O)N1c2ccccc2N(C(=O)OC(C)Cl)C1C1CCCCC1=O. The summed E-state index contributed by atoms with van der Waals surface area (Å²) < 4.78 is 10.4. The lowest BCUT2D eigenvalue weighted by Crippen LogP contribution is -2.56. The van der Waals surface area contributed by atoms with E-state index in [4.69, 9.17) is 32.7 Å². The summed E-state index contributed by atoms with van der Waals surface area (Å²) in [4.78, 5) is 41.1. The van der Waals surface area contributed by atoms with Crippen molar-refractivity contribution in [2.45, 2.75) is 56.8 Å². The van der Waals surface area contributed by atoms with Gasteiger partial charge in [-0.05, 0) is 38.8 Å². The number of Topliss-reactive ketones (excluding diaryl/α,β-unsaturated/α-hetero) is 1. The minimum Gasteiger partial charge on any atom is -0.430 e. The number of fused-ring (bicyclic) bond motifs is 1. The molecule has 152 valence electrons. The van der Waals surface area contributed by atoms with Crippen molar-refractivity contribution in [1.29, 1.82) is 0 Å². The maximum Gasteiger partial charge on any atom is 0.417 e. The standard InChI is InChI=1S/C19H22Cl2N2O5/c1-11(20)27-18(25)22-14-8-4-5-9-15(14)23(19(26)28-12(2)21)17(22)13-7-3-6-10-16(13)24/h4-5,8-9,11-13,17H,3,6-7,10H2,1-2H3. The van der Waals surface area contributed by atoms with Crippen molar-refractivity contribution >= 4 is 52.5 Å². The van der Waals surface area contributed by atoms with Crippen LogP contribution in [0.15, 0.2) is 24.3 Å². The molecule has 3 atom stereocenters. The average Bonchev–Trinajstić information content (AvgIpc) is 2.96.